The van der Waals surface area contributed by atoms with Gasteiger partial charge in [-0.05, 0) is 17.7 Å². The molecule has 5 nitrogen and oxygen atoms in total. The molecule has 0 amide bonds. The lowest BCUT2D eigenvalue weighted by atomic mass is 10.0. The van der Waals surface area contributed by atoms with Crippen molar-refractivity contribution >= 4 is 0 Å². The van der Waals surface area contributed by atoms with Crippen LogP contribution in [0.5, 0.6) is 11.5 Å². The zero-order valence-corrected chi connectivity index (χ0v) is 9.25. The van der Waals surface area contributed by atoms with E-state index in [9.17, 15) is 10.2 Å². The average molecular weight is 228 g/mol. The second-order valence-corrected chi connectivity index (χ2v) is 3.37. The van der Waals surface area contributed by atoms with Crippen LogP contribution in [0.15, 0.2) is 18.2 Å². The zero-order valence-electron chi connectivity index (χ0n) is 9.25. The van der Waals surface area contributed by atoms with Crippen LogP contribution in [0.2, 0.25) is 0 Å². The summed E-state index contributed by atoms with van der Waals surface area (Å²) in [4.78, 5) is 0. The van der Waals surface area contributed by atoms with Gasteiger partial charge in [-0.1, -0.05) is 0 Å². The topological polar surface area (TPSA) is 79.2 Å². The fourth-order valence-electron chi connectivity index (χ4n) is 1.50. The highest BCUT2D eigenvalue weighted by molar-refractivity contribution is 5.38. The van der Waals surface area contributed by atoms with Gasteiger partial charge in [-0.3, -0.25) is 0 Å². The van der Waals surface area contributed by atoms with Crippen molar-refractivity contribution < 1.29 is 24.8 Å². The highest BCUT2D eigenvalue weighted by atomic mass is 16.5. The molecule has 0 spiro atoms. The summed E-state index contributed by atoms with van der Waals surface area (Å²) >= 11 is 0. The smallest absolute Gasteiger partial charge is 0.122 e. The Morgan fingerprint density at radius 2 is 1.94 bits per heavy atom. The summed E-state index contributed by atoms with van der Waals surface area (Å²) in [6.45, 7) is -0.420. The number of aromatic hydroxyl groups is 1. The van der Waals surface area contributed by atoms with Gasteiger partial charge in [-0.2, -0.15) is 0 Å². The molecule has 0 aromatic heterocycles. The SMILES string of the molecule is COc1cc(O)cc(C(OC)C(O)CO)c1. The lowest BCUT2D eigenvalue weighted by Crippen LogP contribution is -2.23. The van der Waals surface area contributed by atoms with Crippen LogP contribution < -0.4 is 4.74 Å². The zero-order chi connectivity index (χ0) is 12.1. The van der Waals surface area contributed by atoms with E-state index in [1.165, 1.54) is 26.4 Å². The minimum atomic E-state index is -1.04. The van der Waals surface area contributed by atoms with E-state index in [0.717, 1.165) is 0 Å². The molecule has 2 unspecified atom stereocenters. The minimum absolute atomic E-state index is 0.0153. The molecule has 1 aromatic rings. The Morgan fingerprint density at radius 1 is 1.25 bits per heavy atom. The fourth-order valence-corrected chi connectivity index (χ4v) is 1.50. The van der Waals surface area contributed by atoms with E-state index in [1.54, 1.807) is 6.07 Å². The maximum atomic E-state index is 9.53. The number of phenolic OH excluding ortho intramolecular Hbond substituents is 1. The maximum Gasteiger partial charge on any atom is 0.122 e. The van der Waals surface area contributed by atoms with Gasteiger partial charge < -0.3 is 24.8 Å². The maximum absolute atomic E-state index is 9.53. The van der Waals surface area contributed by atoms with E-state index in [4.69, 9.17) is 14.6 Å². The monoisotopic (exact) mass is 228 g/mol. The first-order valence-electron chi connectivity index (χ1n) is 4.82. The van der Waals surface area contributed by atoms with Crippen LogP contribution in [0.4, 0.5) is 0 Å². The number of methoxy groups -OCH3 is 2. The first-order valence-corrected chi connectivity index (χ1v) is 4.82. The van der Waals surface area contributed by atoms with Crippen molar-refractivity contribution in [3.63, 3.8) is 0 Å². The van der Waals surface area contributed by atoms with E-state index >= 15 is 0 Å². The van der Waals surface area contributed by atoms with E-state index in [0.29, 0.717) is 11.3 Å². The van der Waals surface area contributed by atoms with E-state index in [2.05, 4.69) is 0 Å². The fraction of sp³-hybridized carbons (Fsp3) is 0.455. The third-order valence-corrected chi connectivity index (χ3v) is 2.27. The van der Waals surface area contributed by atoms with Gasteiger partial charge in [0.2, 0.25) is 0 Å². The Balaban J connectivity index is 3.04. The van der Waals surface area contributed by atoms with Gasteiger partial charge in [0.15, 0.2) is 0 Å². The van der Waals surface area contributed by atoms with Crippen LogP contribution in [0.25, 0.3) is 0 Å². The predicted molar refractivity (Wildman–Crippen MR) is 57.5 cm³/mol. The molecule has 90 valence electrons. The molecule has 16 heavy (non-hydrogen) atoms. The Kier molecular flexibility index (Phi) is 4.54. The van der Waals surface area contributed by atoms with Crippen LogP contribution in [-0.2, 0) is 4.74 Å². The molecule has 0 saturated carbocycles. The molecule has 1 rings (SSSR count). The number of hydrogen-bond donors (Lipinski definition) is 3. The molecule has 0 saturated heterocycles. The molecule has 0 aliphatic heterocycles. The highest BCUT2D eigenvalue weighted by Crippen LogP contribution is 2.28. The van der Waals surface area contributed by atoms with Crippen molar-refractivity contribution in [1.29, 1.82) is 0 Å². The molecule has 0 aliphatic rings. The van der Waals surface area contributed by atoms with Crippen LogP contribution in [0.3, 0.4) is 0 Å². The molecule has 1 aromatic carbocycles. The molecule has 0 fully saturated rings. The van der Waals surface area contributed by atoms with Crippen molar-refractivity contribution in [1.82, 2.24) is 0 Å². The van der Waals surface area contributed by atoms with Crippen LogP contribution in [0, 0.1) is 0 Å². The number of benzene rings is 1. The second-order valence-electron chi connectivity index (χ2n) is 3.37. The molecule has 0 aliphatic carbocycles. The number of phenols is 1. The summed E-state index contributed by atoms with van der Waals surface area (Å²) in [6, 6.07) is 4.53. The Morgan fingerprint density at radius 3 is 2.44 bits per heavy atom. The van der Waals surface area contributed by atoms with Gasteiger partial charge in [0.1, 0.15) is 23.7 Å². The van der Waals surface area contributed by atoms with Gasteiger partial charge >= 0.3 is 0 Å². The van der Waals surface area contributed by atoms with Crippen molar-refractivity contribution in [2.45, 2.75) is 12.2 Å². The number of ether oxygens (including phenoxy) is 2. The van der Waals surface area contributed by atoms with Crippen molar-refractivity contribution in [2.75, 3.05) is 20.8 Å². The van der Waals surface area contributed by atoms with Gasteiger partial charge in [0.25, 0.3) is 0 Å². The quantitative estimate of drug-likeness (QED) is 0.681. The number of rotatable bonds is 5. The molecular weight excluding hydrogens is 212 g/mol. The molecule has 5 heteroatoms. The molecule has 2 atom stereocenters. The van der Waals surface area contributed by atoms with E-state index < -0.39 is 18.8 Å². The first-order chi connectivity index (χ1) is 7.62. The Bertz CT molecular complexity index is 339. The molecule has 0 bridgehead atoms. The lowest BCUT2D eigenvalue weighted by molar-refractivity contribution is -0.0393. The minimum Gasteiger partial charge on any atom is -0.508 e. The second kappa shape index (κ2) is 5.69. The molecule has 0 heterocycles. The van der Waals surface area contributed by atoms with Crippen molar-refractivity contribution in [3.8, 4) is 11.5 Å². The average Bonchev–Trinajstić information content (AvgIpc) is 2.29. The van der Waals surface area contributed by atoms with Crippen LogP contribution >= 0.6 is 0 Å². The highest BCUT2D eigenvalue weighted by Gasteiger charge is 2.21. The third kappa shape index (κ3) is 2.85. The largest absolute Gasteiger partial charge is 0.508 e. The van der Waals surface area contributed by atoms with Crippen LogP contribution in [-0.4, -0.2) is 42.3 Å². The van der Waals surface area contributed by atoms with E-state index in [-0.39, 0.29) is 5.75 Å². The molecular formula is C11H16O5. The van der Waals surface area contributed by atoms with Gasteiger partial charge in [0.05, 0.1) is 13.7 Å². The van der Waals surface area contributed by atoms with Gasteiger partial charge in [-0.15, -0.1) is 0 Å². The summed E-state index contributed by atoms with van der Waals surface area (Å²) in [7, 11) is 2.89. The predicted octanol–water partition coefficient (Wildman–Crippen LogP) is 0.441. The summed E-state index contributed by atoms with van der Waals surface area (Å²) in [6.07, 6.45) is -1.75. The van der Waals surface area contributed by atoms with Crippen molar-refractivity contribution in [3.05, 3.63) is 23.8 Å². The van der Waals surface area contributed by atoms with Gasteiger partial charge in [-0.25, -0.2) is 0 Å². The normalized spacial score (nSPS) is 14.5. The number of hydrogen-bond acceptors (Lipinski definition) is 5. The van der Waals surface area contributed by atoms with Gasteiger partial charge in [0, 0.05) is 13.2 Å². The molecule has 3 N–H and O–H groups in total. The summed E-state index contributed by atoms with van der Waals surface area (Å²) in [5.74, 6) is 0.476. The van der Waals surface area contributed by atoms with E-state index in [1.807, 2.05) is 0 Å². The Labute approximate surface area is 93.9 Å². The summed E-state index contributed by atoms with van der Waals surface area (Å²) in [5, 5.41) is 27.8. The third-order valence-electron chi connectivity index (χ3n) is 2.27. The summed E-state index contributed by atoms with van der Waals surface area (Å²) in [5.41, 5.74) is 0.543. The number of aliphatic hydroxyl groups is 2. The summed E-state index contributed by atoms with van der Waals surface area (Å²) < 4.78 is 10.1. The lowest BCUT2D eigenvalue weighted by Gasteiger charge is -2.20. The number of aliphatic hydroxyl groups excluding tert-OH is 2. The Hall–Kier alpha value is -1.30. The van der Waals surface area contributed by atoms with Crippen LogP contribution in [0.1, 0.15) is 11.7 Å². The van der Waals surface area contributed by atoms with Crippen molar-refractivity contribution in [2.24, 2.45) is 0 Å². The molecule has 0 radical (unpaired) electrons. The standard InChI is InChI=1S/C11H16O5/c1-15-9-4-7(3-8(13)5-9)11(16-2)10(14)6-12/h3-5,10-14H,6H2,1-2H3. The first kappa shape index (κ1) is 12.8.